The van der Waals surface area contributed by atoms with Gasteiger partial charge in [0.15, 0.2) is 0 Å². The fourth-order valence-electron chi connectivity index (χ4n) is 1.96. The van der Waals surface area contributed by atoms with Gasteiger partial charge in [-0.3, -0.25) is 0 Å². The van der Waals surface area contributed by atoms with Crippen LogP contribution in [-0.2, 0) is 11.3 Å². The monoisotopic (exact) mass is 284 g/mol. The van der Waals surface area contributed by atoms with Crippen molar-refractivity contribution in [2.45, 2.75) is 26.9 Å². The van der Waals surface area contributed by atoms with Gasteiger partial charge in [-0.15, -0.1) is 0 Å². The van der Waals surface area contributed by atoms with Gasteiger partial charge in [0.05, 0.1) is 6.61 Å². The van der Waals surface area contributed by atoms with Crippen molar-refractivity contribution in [3.05, 3.63) is 65.2 Å². The summed E-state index contributed by atoms with van der Waals surface area (Å²) in [6.07, 6.45) is 0.804. The predicted octanol–water partition coefficient (Wildman–Crippen LogP) is 4.14. The number of para-hydroxylation sites is 1. The summed E-state index contributed by atoms with van der Waals surface area (Å²) in [6.45, 7) is 4.86. The van der Waals surface area contributed by atoms with Crippen molar-refractivity contribution in [2.24, 2.45) is 0 Å². The Labute approximate surface area is 125 Å². The lowest BCUT2D eigenvalue weighted by atomic mass is 10.1. The third-order valence-corrected chi connectivity index (χ3v) is 3.19. The molecule has 0 saturated carbocycles. The van der Waals surface area contributed by atoms with Gasteiger partial charge in [-0.25, -0.2) is 4.79 Å². The summed E-state index contributed by atoms with van der Waals surface area (Å²) in [4.78, 5) is 12.0. The Bertz CT molecular complexity index is 605. The third kappa shape index (κ3) is 4.09. The van der Waals surface area contributed by atoms with E-state index >= 15 is 0 Å². The molecule has 3 heteroatoms. The smallest absolute Gasteiger partial charge is 0.341 e. The molecule has 0 aliphatic heterocycles. The minimum Gasteiger partial charge on any atom is -0.488 e. The van der Waals surface area contributed by atoms with Crippen LogP contribution in [0.15, 0.2) is 48.5 Å². The number of benzene rings is 2. The van der Waals surface area contributed by atoms with E-state index in [1.165, 1.54) is 5.56 Å². The van der Waals surface area contributed by atoms with Crippen LogP contribution < -0.4 is 4.74 Å². The summed E-state index contributed by atoms with van der Waals surface area (Å²) < 4.78 is 11.0. The molecular weight excluding hydrogens is 264 g/mol. The van der Waals surface area contributed by atoms with Gasteiger partial charge in [-0.05, 0) is 36.6 Å². The van der Waals surface area contributed by atoms with Crippen LogP contribution in [0.25, 0.3) is 0 Å². The van der Waals surface area contributed by atoms with Crippen molar-refractivity contribution in [1.82, 2.24) is 0 Å². The number of rotatable bonds is 6. The van der Waals surface area contributed by atoms with E-state index in [1.54, 1.807) is 12.1 Å². The molecule has 0 aliphatic carbocycles. The topological polar surface area (TPSA) is 35.5 Å². The van der Waals surface area contributed by atoms with Gasteiger partial charge in [-0.2, -0.15) is 0 Å². The van der Waals surface area contributed by atoms with Crippen LogP contribution in [0.3, 0.4) is 0 Å². The molecule has 2 rings (SSSR count). The molecule has 0 atom stereocenters. The summed E-state index contributed by atoms with van der Waals surface area (Å²) in [5.41, 5.74) is 2.75. The normalized spacial score (nSPS) is 10.2. The highest BCUT2D eigenvalue weighted by Gasteiger charge is 2.13. The minimum atomic E-state index is -0.336. The Morgan fingerprint density at radius 2 is 1.76 bits per heavy atom. The number of aryl methyl sites for hydroxylation is 1. The van der Waals surface area contributed by atoms with Crippen molar-refractivity contribution in [3.8, 4) is 5.75 Å². The van der Waals surface area contributed by atoms with Crippen LogP contribution in [0.5, 0.6) is 5.75 Å². The molecule has 0 aromatic heterocycles. The van der Waals surface area contributed by atoms with Gasteiger partial charge in [0.1, 0.15) is 17.9 Å². The number of esters is 1. The lowest BCUT2D eigenvalue weighted by Crippen LogP contribution is -2.09. The highest BCUT2D eigenvalue weighted by atomic mass is 16.5. The molecule has 110 valence electrons. The molecule has 2 aromatic rings. The first-order valence-corrected chi connectivity index (χ1v) is 7.16. The second-order valence-corrected chi connectivity index (χ2v) is 4.85. The van der Waals surface area contributed by atoms with Crippen molar-refractivity contribution in [1.29, 1.82) is 0 Å². The first-order chi connectivity index (χ1) is 10.2. The second-order valence-electron chi connectivity index (χ2n) is 4.85. The summed E-state index contributed by atoms with van der Waals surface area (Å²) in [5, 5.41) is 0. The average molecular weight is 284 g/mol. The third-order valence-electron chi connectivity index (χ3n) is 3.19. The van der Waals surface area contributed by atoms with Gasteiger partial charge < -0.3 is 9.47 Å². The van der Waals surface area contributed by atoms with E-state index in [2.05, 4.69) is 0 Å². The van der Waals surface area contributed by atoms with Gasteiger partial charge in [-0.1, -0.05) is 43.3 Å². The molecule has 0 aliphatic rings. The maximum Gasteiger partial charge on any atom is 0.341 e. The van der Waals surface area contributed by atoms with E-state index in [0.29, 0.717) is 24.5 Å². The van der Waals surface area contributed by atoms with Crippen LogP contribution in [-0.4, -0.2) is 12.6 Å². The van der Waals surface area contributed by atoms with Gasteiger partial charge in [0.25, 0.3) is 0 Å². The highest BCUT2D eigenvalue weighted by molar-refractivity contribution is 5.92. The quantitative estimate of drug-likeness (QED) is 0.748. The SMILES string of the molecule is CCCOC(=O)c1ccccc1OCc1ccccc1C. The Kier molecular flexibility index (Phi) is 5.38. The molecule has 3 nitrogen and oxygen atoms in total. The summed E-state index contributed by atoms with van der Waals surface area (Å²) in [6, 6.07) is 15.2. The van der Waals surface area contributed by atoms with Gasteiger partial charge in [0, 0.05) is 0 Å². The minimum absolute atomic E-state index is 0.336. The lowest BCUT2D eigenvalue weighted by molar-refractivity contribution is 0.0500. The number of hydrogen-bond acceptors (Lipinski definition) is 3. The molecule has 0 N–H and O–H groups in total. The van der Waals surface area contributed by atoms with Crippen molar-refractivity contribution < 1.29 is 14.3 Å². The fourth-order valence-corrected chi connectivity index (χ4v) is 1.96. The molecular formula is C18H20O3. The standard InChI is InChI=1S/C18H20O3/c1-3-12-20-18(19)16-10-6-7-11-17(16)21-13-15-9-5-4-8-14(15)2/h4-11H,3,12-13H2,1-2H3. The molecule has 2 aromatic carbocycles. The highest BCUT2D eigenvalue weighted by Crippen LogP contribution is 2.21. The lowest BCUT2D eigenvalue weighted by Gasteiger charge is -2.12. The number of carbonyl (C=O) groups excluding carboxylic acids is 1. The van der Waals surface area contributed by atoms with E-state index in [1.807, 2.05) is 50.2 Å². The van der Waals surface area contributed by atoms with E-state index in [4.69, 9.17) is 9.47 Å². The van der Waals surface area contributed by atoms with E-state index < -0.39 is 0 Å². The first kappa shape index (κ1) is 15.1. The largest absolute Gasteiger partial charge is 0.488 e. The Morgan fingerprint density at radius 3 is 2.52 bits per heavy atom. The molecule has 0 amide bonds. The van der Waals surface area contributed by atoms with Crippen LogP contribution in [0.2, 0.25) is 0 Å². The fraction of sp³-hybridized carbons (Fsp3) is 0.278. The van der Waals surface area contributed by atoms with Crippen molar-refractivity contribution in [2.75, 3.05) is 6.61 Å². The van der Waals surface area contributed by atoms with E-state index in [-0.39, 0.29) is 5.97 Å². The Morgan fingerprint density at radius 1 is 1.05 bits per heavy atom. The number of ether oxygens (including phenoxy) is 2. The summed E-state index contributed by atoms with van der Waals surface area (Å²) in [5.74, 6) is 0.221. The van der Waals surface area contributed by atoms with E-state index in [0.717, 1.165) is 12.0 Å². The predicted molar refractivity (Wildman–Crippen MR) is 82.5 cm³/mol. The molecule has 0 bridgehead atoms. The van der Waals surface area contributed by atoms with Crippen molar-refractivity contribution >= 4 is 5.97 Å². The Balaban J connectivity index is 2.10. The van der Waals surface area contributed by atoms with E-state index in [9.17, 15) is 4.79 Å². The maximum atomic E-state index is 12.0. The van der Waals surface area contributed by atoms with Crippen LogP contribution in [0.1, 0.15) is 34.8 Å². The molecule has 0 heterocycles. The molecule has 0 fully saturated rings. The zero-order valence-corrected chi connectivity index (χ0v) is 12.5. The van der Waals surface area contributed by atoms with Gasteiger partial charge in [0.2, 0.25) is 0 Å². The average Bonchev–Trinajstić information content (AvgIpc) is 2.52. The molecule has 0 unspecified atom stereocenters. The van der Waals surface area contributed by atoms with Crippen molar-refractivity contribution in [3.63, 3.8) is 0 Å². The second kappa shape index (κ2) is 7.48. The van der Waals surface area contributed by atoms with Gasteiger partial charge >= 0.3 is 5.97 Å². The maximum absolute atomic E-state index is 12.0. The first-order valence-electron chi connectivity index (χ1n) is 7.16. The molecule has 0 radical (unpaired) electrons. The molecule has 0 spiro atoms. The number of hydrogen-bond donors (Lipinski definition) is 0. The van der Waals surface area contributed by atoms with Crippen LogP contribution in [0.4, 0.5) is 0 Å². The molecule has 21 heavy (non-hydrogen) atoms. The molecule has 0 saturated heterocycles. The zero-order chi connectivity index (χ0) is 15.1. The van der Waals surface area contributed by atoms with Crippen LogP contribution >= 0.6 is 0 Å². The summed E-state index contributed by atoms with van der Waals surface area (Å²) in [7, 11) is 0. The van der Waals surface area contributed by atoms with Crippen LogP contribution in [0, 0.1) is 6.92 Å². The summed E-state index contributed by atoms with van der Waals surface area (Å²) >= 11 is 0. The number of carbonyl (C=O) groups is 1. The Hall–Kier alpha value is -2.29. The zero-order valence-electron chi connectivity index (χ0n) is 12.5.